The van der Waals surface area contributed by atoms with Crippen molar-refractivity contribution in [1.29, 1.82) is 0 Å². The van der Waals surface area contributed by atoms with Crippen molar-refractivity contribution in [3.05, 3.63) is 35.4 Å². The van der Waals surface area contributed by atoms with Crippen LogP contribution in [0.4, 0.5) is 0 Å². The third kappa shape index (κ3) is 3.88. The van der Waals surface area contributed by atoms with Gasteiger partial charge in [0.15, 0.2) is 0 Å². The van der Waals surface area contributed by atoms with E-state index in [1.807, 2.05) is 38.1 Å². The molecule has 0 aromatic heterocycles. The molecular weight excluding hydrogens is 212 g/mol. The number of rotatable bonds is 5. The zero-order valence-electron chi connectivity index (χ0n) is 11.1. The van der Waals surface area contributed by atoms with Crippen molar-refractivity contribution < 1.29 is 9.90 Å². The number of carboxylic acids is 1. The molecule has 0 saturated heterocycles. The minimum Gasteiger partial charge on any atom is -0.481 e. The standard InChI is InChI=1S/C15H22O2/c1-10(2)9-12-5-7-13(8-6-12)14(11(3)4)15(16)17/h5-8,10-11,14H,9H2,1-4H3,(H,16,17)/t14-/m0/s1. The largest absolute Gasteiger partial charge is 0.481 e. The second kappa shape index (κ2) is 5.85. The van der Waals surface area contributed by atoms with Crippen LogP contribution in [-0.2, 0) is 11.2 Å². The molecule has 0 amide bonds. The topological polar surface area (TPSA) is 37.3 Å². The fourth-order valence-corrected chi connectivity index (χ4v) is 2.15. The molecule has 17 heavy (non-hydrogen) atoms. The van der Waals surface area contributed by atoms with E-state index >= 15 is 0 Å². The van der Waals surface area contributed by atoms with E-state index in [-0.39, 0.29) is 5.92 Å². The molecule has 0 bridgehead atoms. The van der Waals surface area contributed by atoms with E-state index in [0.29, 0.717) is 5.92 Å². The van der Waals surface area contributed by atoms with Gasteiger partial charge in [-0.1, -0.05) is 52.0 Å². The molecule has 0 radical (unpaired) electrons. The lowest BCUT2D eigenvalue weighted by molar-refractivity contribution is -0.139. The number of aliphatic carboxylic acids is 1. The maximum atomic E-state index is 11.2. The average Bonchev–Trinajstić information content (AvgIpc) is 2.18. The van der Waals surface area contributed by atoms with Crippen LogP contribution in [0.1, 0.15) is 44.7 Å². The van der Waals surface area contributed by atoms with Crippen molar-refractivity contribution in [3.63, 3.8) is 0 Å². The van der Waals surface area contributed by atoms with Crippen LogP contribution in [0.25, 0.3) is 0 Å². The Morgan fingerprint density at radius 3 is 2.00 bits per heavy atom. The lowest BCUT2D eigenvalue weighted by atomic mass is 9.87. The maximum absolute atomic E-state index is 11.2. The molecule has 0 aliphatic heterocycles. The maximum Gasteiger partial charge on any atom is 0.311 e. The van der Waals surface area contributed by atoms with E-state index < -0.39 is 11.9 Å². The van der Waals surface area contributed by atoms with Crippen molar-refractivity contribution in [2.24, 2.45) is 11.8 Å². The molecule has 0 aliphatic carbocycles. The van der Waals surface area contributed by atoms with E-state index in [9.17, 15) is 9.90 Å². The lowest BCUT2D eigenvalue weighted by Crippen LogP contribution is -2.17. The summed E-state index contributed by atoms with van der Waals surface area (Å²) in [7, 11) is 0. The summed E-state index contributed by atoms with van der Waals surface area (Å²) >= 11 is 0. The minimum absolute atomic E-state index is 0.114. The number of hydrogen-bond acceptors (Lipinski definition) is 1. The monoisotopic (exact) mass is 234 g/mol. The van der Waals surface area contributed by atoms with Crippen LogP contribution in [0, 0.1) is 11.8 Å². The second-order valence-electron chi connectivity index (χ2n) is 5.40. The molecule has 94 valence electrons. The number of carbonyl (C=O) groups is 1. The van der Waals surface area contributed by atoms with Gasteiger partial charge in [0.25, 0.3) is 0 Å². The predicted molar refractivity (Wildman–Crippen MR) is 70.2 cm³/mol. The first-order valence-electron chi connectivity index (χ1n) is 6.23. The Kier molecular flexibility index (Phi) is 4.73. The van der Waals surface area contributed by atoms with Crippen LogP contribution >= 0.6 is 0 Å². The Balaban J connectivity index is 2.88. The van der Waals surface area contributed by atoms with Gasteiger partial charge in [-0.25, -0.2) is 0 Å². The number of benzene rings is 1. The molecule has 1 aromatic rings. The molecule has 0 heterocycles. The van der Waals surface area contributed by atoms with Gasteiger partial charge in [-0.15, -0.1) is 0 Å². The first-order valence-corrected chi connectivity index (χ1v) is 6.23. The van der Waals surface area contributed by atoms with Crippen LogP contribution in [0.2, 0.25) is 0 Å². The summed E-state index contributed by atoms with van der Waals surface area (Å²) in [6.45, 7) is 8.26. The van der Waals surface area contributed by atoms with Gasteiger partial charge in [-0.2, -0.15) is 0 Å². The zero-order chi connectivity index (χ0) is 13.0. The van der Waals surface area contributed by atoms with Gasteiger partial charge < -0.3 is 5.11 Å². The zero-order valence-corrected chi connectivity index (χ0v) is 11.1. The highest BCUT2D eigenvalue weighted by Gasteiger charge is 2.23. The van der Waals surface area contributed by atoms with Crippen LogP contribution in [0.3, 0.4) is 0 Å². The third-order valence-electron chi connectivity index (χ3n) is 2.92. The molecular formula is C15H22O2. The van der Waals surface area contributed by atoms with E-state index in [2.05, 4.69) is 13.8 Å². The van der Waals surface area contributed by atoms with Gasteiger partial charge in [0.05, 0.1) is 5.92 Å². The molecule has 0 spiro atoms. The van der Waals surface area contributed by atoms with Crippen LogP contribution in [-0.4, -0.2) is 11.1 Å². The Hall–Kier alpha value is -1.31. The first-order chi connectivity index (χ1) is 7.91. The fourth-order valence-electron chi connectivity index (χ4n) is 2.15. The van der Waals surface area contributed by atoms with Crippen molar-refractivity contribution in [1.82, 2.24) is 0 Å². The van der Waals surface area contributed by atoms with E-state index in [4.69, 9.17) is 0 Å². The first kappa shape index (κ1) is 13.8. The van der Waals surface area contributed by atoms with Gasteiger partial charge in [-0.05, 0) is 29.4 Å². The highest BCUT2D eigenvalue weighted by Crippen LogP contribution is 2.25. The fraction of sp³-hybridized carbons (Fsp3) is 0.533. The number of hydrogen-bond donors (Lipinski definition) is 1. The Morgan fingerprint density at radius 2 is 1.65 bits per heavy atom. The van der Waals surface area contributed by atoms with Crippen LogP contribution in [0.5, 0.6) is 0 Å². The molecule has 2 nitrogen and oxygen atoms in total. The highest BCUT2D eigenvalue weighted by molar-refractivity contribution is 5.76. The summed E-state index contributed by atoms with van der Waals surface area (Å²) in [6, 6.07) is 8.01. The minimum atomic E-state index is -0.739. The highest BCUT2D eigenvalue weighted by atomic mass is 16.4. The summed E-state index contributed by atoms with van der Waals surface area (Å²) in [4.78, 5) is 11.2. The predicted octanol–water partition coefficient (Wildman–Crippen LogP) is 3.71. The SMILES string of the molecule is CC(C)Cc1ccc([C@@H](C(=O)O)C(C)C)cc1. The normalized spacial score (nSPS) is 13.1. The molecule has 0 aliphatic rings. The smallest absolute Gasteiger partial charge is 0.311 e. The van der Waals surface area contributed by atoms with Crippen molar-refractivity contribution >= 4 is 5.97 Å². The summed E-state index contributed by atoms with van der Waals surface area (Å²) in [5, 5.41) is 9.21. The molecule has 2 heteroatoms. The quantitative estimate of drug-likeness (QED) is 0.843. The second-order valence-corrected chi connectivity index (χ2v) is 5.40. The third-order valence-corrected chi connectivity index (χ3v) is 2.92. The van der Waals surface area contributed by atoms with Crippen molar-refractivity contribution in [2.45, 2.75) is 40.0 Å². The molecule has 0 saturated carbocycles. The average molecular weight is 234 g/mol. The lowest BCUT2D eigenvalue weighted by Gasteiger charge is -2.17. The molecule has 0 fully saturated rings. The molecule has 1 rings (SSSR count). The van der Waals surface area contributed by atoms with Crippen LogP contribution in [0.15, 0.2) is 24.3 Å². The van der Waals surface area contributed by atoms with Gasteiger partial charge in [0.2, 0.25) is 0 Å². The summed E-state index contributed by atoms with van der Waals surface area (Å²) in [6.07, 6.45) is 1.04. The van der Waals surface area contributed by atoms with E-state index in [1.54, 1.807) is 0 Å². The summed E-state index contributed by atoms with van der Waals surface area (Å²) in [5.41, 5.74) is 2.18. The summed E-state index contributed by atoms with van der Waals surface area (Å²) in [5.74, 6) is -0.399. The Labute approximate surface area is 104 Å². The van der Waals surface area contributed by atoms with Gasteiger partial charge in [0, 0.05) is 0 Å². The van der Waals surface area contributed by atoms with Gasteiger partial charge >= 0.3 is 5.97 Å². The van der Waals surface area contributed by atoms with E-state index in [0.717, 1.165) is 12.0 Å². The van der Waals surface area contributed by atoms with Crippen molar-refractivity contribution in [3.8, 4) is 0 Å². The Morgan fingerprint density at radius 1 is 1.12 bits per heavy atom. The summed E-state index contributed by atoms with van der Waals surface area (Å²) < 4.78 is 0. The van der Waals surface area contributed by atoms with E-state index in [1.165, 1.54) is 5.56 Å². The van der Waals surface area contributed by atoms with Gasteiger partial charge in [0.1, 0.15) is 0 Å². The van der Waals surface area contributed by atoms with Gasteiger partial charge in [-0.3, -0.25) is 4.79 Å². The van der Waals surface area contributed by atoms with Crippen LogP contribution < -0.4 is 0 Å². The molecule has 1 N–H and O–H groups in total. The number of carboxylic acid groups (broad SMARTS) is 1. The molecule has 1 atom stereocenters. The molecule has 1 aromatic carbocycles. The Bertz CT molecular complexity index is 363. The molecule has 0 unspecified atom stereocenters. The van der Waals surface area contributed by atoms with Crippen molar-refractivity contribution in [2.75, 3.05) is 0 Å².